The van der Waals surface area contributed by atoms with E-state index < -0.39 is 0 Å². The molecule has 0 spiro atoms. The highest BCUT2D eigenvalue weighted by atomic mass is 32.1. The summed E-state index contributed by atoms with van der Waals surface area (Å²) < 4.78 is 5.37. The average molecular weight is 500 g/mol. The lowest BCUT2D eigenvalue weighted by atomic mass is 9.72. The molecule has 3 N–H and O–H groups in total. The number of nitrogens with zero attached hydrogens (tertiary/aromatic N) is 1. The molecule has 4 rings (SSSR count). The van der Waals surface area contributed by atoms with Crippen LogP contribution in [0, 0.1) is 32.1 Å². The fourth-order valence-corrected chi connectivity index (χ4v) is 7.14. The second kappa shape index (κ2) is 8.96. The summed E-state index contributed by atoms with van der Waals surface area (Å²) in [5.74, 6) is -0.166. The van der Waals surface area contributed by atoms with Crippen LogP contribution in [-0.4, -0.2) is 23.5 Å². The van der Waals surface area contributed by atoms with Gasteiger partial charge in [-0.1, -0.05) is 20.8 Å². The van der Waals surface area contributed by atoms with Crippen LogP contribution in [0.4, 0.5) is 10.7 Å². The zero-order valence-electron chi connectivity index (χ0n) is 21.0. The summed E-state index contributed by atoms with van der Waals surface area (Å²) >= 11 is 2.79. The van der Waals surface area contributed by atoms with Crippen LogP contribution in [0.25, 0.3) is 10.2 Å². The van der Waals surface area contributed by atoms with Gasteiger partial charge in [0.25, 0.3) is 5.91 Å². The van der Waals surface area contributed by atoms with Crippen molar-refractivity contribution in [2.75, 3.05) is 17.7 Å². The van der Waals surface area contributed by atoms with Crippen molar-refractivity contribution in [3.8, 4) is 0 Å². The molecule has 1 atom stereocenters. The minimum Gasteiger partial charge on any atom is -0.462 e. The third-order valence-corrected chi connectivity index (χ3v) is 9.35. The number of nitrogens with one attached hydrogen (secondary N) is 1. The first-order valence-electron chi connectivity index (χ1n) is 11.7. The van der Waals surface area contributed by atoms with Gasteiger partial charge in [-0.05, 0) is 75.0 Å². The number of anilines is 2. The molecule has 3 aromatic rings. The number of aryl methyl sites for hydroxylation is 2. The highest BCUT2D eigenvalue weighted by molar-refractivity contribution is 7.21. The highest BCUT2D eigenvalue weighted by Gasteiger charge is 2.35. The number of nitrogens with two attached hydrogens (primary N) is 1. The Morgan fingerprint density at radius 3 is 2.53 bits per heavy atom. The molecule has 0 saturated heterocycles. The van der Waals surface area contributed by atoms with Crippen molar-refractivity contribution in [3.05, 3.63) is 37.7 Å². The van der Waals surface area contributed by atoms with Crippen molar-refractivity contribution in [2.24, 2.45) is 11.3 Å². The number of hydrogen-bond donors (Lipinski definition) is 2. The van der Waals surface area contributed by atoms with E-state index in [1.54, 1.807) is 6.92 Å². The predicted octanol–water partition coefficient (Wildman–Crippen LogP) is 6.45. The Morgan fingerprint density at radius 2 is 1.88 bits per heavy atom. The van der Waals surface area contributed by atoms with Crippen LogP contribution < -0.4 is 11.1 Å². The SMILES string of the molecule is CCOC(=O)c1c(NC(=O)c2sc3nc(C)c(C)c(C)c3c2N)sc2c1CCC(C(C)(C)C)C2. The van der Waals surface area contributed by atoms with Gasteiger partial charge in [0, 0.05) is 16.0 Å². The number of amides is 1. The number of carbonyl (C=O) groups is 2. The van der Waals surface area contributed by atoms with Gasteiger partial charge < -0.3 is 15.8 Å². The number of pyridine rings is 1. The Balaban J connectivity index is 1.73. The van der Waals surface area contributed by atoms with Crippen LogP contribution in [0.3, 0.4) is 0 Å². The van der Waals surface area contributed by atoms with Gasteiger partial charge in [-0.3, -0.25) is 4.79 Å². The number of aromatic nitrogens is 1. The zero-order valence-corrected chi connectivity index (χ0v) is 22.6. The third-order valence-electron chi connectivity index (χ3n) is 7.08. The maximum Gasteiger partial charge on any atom is 0.341 e. The average Bonchev–Trinajstić information content (AvgIpc) is 3.28. The van der Waals surface area contributed by atoms with Crippen LogP contribution in [0.1, 0.15) is 81.4 Å². The van der Waals surface area contributed by atoms with Crippen molar-refractivity contribution in [3.63, 3.8) is 0 Å². The molecular weight excluding hydrogens is 466 g/mol. The first-order chi connectivity index (χ1) is 15.9. The molecule has 34 heavy (non-hydrogen) atoms. The molecule has 8 heteroatoms. The Morgan fingerprint density at radius 1 is 1.18 bits per heavy atom. The van der Waals surface area contributed by atoms with Gasteiger partial charge in [-0.15, -0.1) is 22.7 Å². The molecule has 0 fully saturated rings. The number of rotatable bonds is 4. The van der Waals surface area contributed by atoms with E-state index in [1.807, 2.05) is 20.8 Å². The number of esters is 1. The summed E-state index contributed by atoms with van der Waals surface area (Å²) in [5.41, 5.74) is 11.6. The van der Waals surface area contributed by atoms with E-state index >= 15 is 0 Å². The lowest BCUT2D eigenvalue weighted by molar-refractivity contribution is 0.0526. The summed E-state index contributed by atoms with van der Waals surface area (Å²) in [6.07, 6.45) is 2.73. The van der Waals surface area contributed by atoms with E-state index in [0.29, 0.717) is 27.0 Å². The van der Waals surface area contributed by atoms with Crippen molar-refractivity contribution in [1.29, 1.82) is 0 Å². The molecule has 3 aromatic heterocycles. The number of hydrogen-bond acceptors (Lipinski definition) is 7. The number of carbonyl (C=O) groups excluding carboxylic acids is 2. The molecule has 6 nitrogen and oxygen atoms in total. The monoisotopic (exact) mass is 499 g/mol. The third kappa shape index (κ3) is 4.22. The molecule has 1 unspecified atom stereocenters. The molecule has 0 saturated carbocycles. The fourth-order valence-electron chi connectivity index (χ4n) is 4.73. The Labute approximate surface area is 208 Å². The zero-order chi connectivity index (χ0) is 24.9. The maximum absolute atomic E-state index is 13.4. The summed E-state index contributed by atoms with van der Waals surface area (Å²) in [4.78, 5) is 33.3. The normalized spacial score (nSPS) is 15.9. The van der Waals surface area contributed by atoms with Crippen molar-refractivity contribution in [2.45, 2.75) is 67.7 Å². The molecule has 1 amide bonds. The van der Waals surface area contributed by atoms with Crippen molar-refractivity contribution in [1.82, 2.24) is 4.98 Å². The summed E-state index contributed by atoms with van der Waals surface area (Å²) in [7, 11) is 0. The van der Waals surface area contributed by atoms with Gasteiger partial charge in [-0.25, -0.2) is 9.78 Å². The molecule has 0 aliphatic heterocycles. The first-order valence-corrected chi connectivity index (χ1v) is 13.4. The van der Waals surface area contributed by atoms with Gasteiger partial charge in [0.2, 0.25) is 0 Å². The van der Waals surface area contributed by atoms with E-state index in [0.717, 1.165) is 56.7 Å². The Bertz CT molecular complexity index is 1300. The number of nitrogen functional groups attached to an aromatic ring is 1. The van der Waals surface area contributed by atoms with Gasteiger partial charge in [-0.2, -0.15) is 0 Å². The van der Waals surface area contributed by atoms with Crippen LogP contribution >= 0.6 is 22.7 Å². The predicted molar refractivity (Wildman–Crippen MR) is 141 cm³/mol. The number of fused-ring (bicyclic) bond motifs is 2. The van der Waals surface area contributed by atoms with Crippen LogP contribution in [0.5, 0.6) is 0 Å². The molecule has 0 radical (unpaired) electrons. The fraction of sp³-hybridized carbons (Fsp3) is 0.500. The Kier molecular flexibility index (Phi) is 6.50. The number of ether oxygens (including phenoxy) is 1. The van der Waals surface area contributed by atoms with Gasteiger partial charge in [0.1, 0.15) is 14.7 Å². The standard InChI is InChI=1S/C26H33N3O3S2/c1-8-32-25(31)19-16-10-9-15(26(5,6)7)11-17(16)33-24(19)29-22(30)21-20(27)18-13(3)12(2)14(4)28-23(18)34-21/h15H,8-11,27H2,1-7H3,(H,29,30). The maximum atomic E-state index is 13.4. The van der Waals surface area contributed by atoms with Crippen molar-refractivity contribution < 1.29 is 14.3 Å². The topological polar surface area (TPSA) is 94.3 Å². The quantitative estimate of drug-likeness (QED) is 0.403. The van der Waals surface area contributed by atoms with Gasteiger partial charge >= 0.3 is 5.97 Å². The molecule has 1 aliphatic rings. The summed E-state index contributed by atoms with van der Waals surface area (Å²) in [5, 5.41) is 4.40. The minimum absolute atomic E-state index is 0.182. The molecular formula is C26H33N3O3S2. The largest absolute Gasteiger partial charge is 0.462 e. The first kappa shape index (κ1) is 24.7. The van der Waals surface area contributed by atoms with E-state index in [1.165, 1.54) is 22.7 Å². The Hall–Kier alpha value is -2.45. The lowest BCUT2D eigenvalue weighted by Gasteiger charge is -2.33. The molecule has 0 bridgehead atoms. The molecule has 1 aliphatic carbocycles. The van der Waals surface area contributed by atoms with Gasteiger partial charge in [0.05, 0.1) is 17.9 Å². The lowest BCUT2D eigenvalue weighted by Crippen LogP contribution is -2.26. The van der Waals surface area contributed by atoms with E-state index in [2.05, 4.69) is 31.1 Å². The van der Waals surface area contributed by atoms with Crippen LogP contribution in [0.2, 0.25) is 0 Å². The van der Waals surface area contributed by atoms with E-state index in [9.17, 15) is 9.59 Å². The molecule has 182 valence electrons. The van der Waals surface area contributed by atoms with Crippen LogP contribution in [-0.2, 0) is 17.6 Å². The minimum atomic E-state index is -0.377. The second-order valence-electron chi connectivity index (χ2n) is 10.2. The summed E-state index contributed by atoms with van der Waals surface area (Å²) in [6, 6.07) is 0. The smallest absolute Gasteiger partial charge is 0.341 e. The second-order valence-corrected chi connectivity index (χ2v) is 12.3. The van der Waals surface area contributed by atoms with E-state index in [-0.39, 0.29) is 23.9 Å². The van der Waals surface area contributed by atoms with E-state index in [4.69, 9.17) is 10.5 Å². The van der Waals surface area contributed by atoms with Crippen LogP contribution in [0.15, 0.2) is 0 Å². The molecule has 3 heterocycles. The van der Waals surface area contributed by atoms with Gasteiger partial charge in [0.15, 0.2) is 0 Å². The van der Waals surface area contributed by atoms with Crippen molar-refractivity contribution >= 4 is 55.5 Å². The molecule has 0 aromatic carbocycles. The number of thiophene rings is 2. The summed E-state index contributed by atoms with van der Waals surface area (Å²) in [6.45, 7) is 14.8. The highest BCUT2D eigenvalue weighted by Crippen LogP contribution is 2.45.